The van der Waals surface area contributed by atoms with Gasteiger partial charge in [0.2, 0.25) is 0 Å². The minimum Gasteiger partial charge on any atom is -0.397 e. The first-order valence-corrected chi connectivity index (χ1v) is 6.29. The number of methoxy groups -OCH3 is 1. The smallest absolute Gasteiger partial charge is 0.397 e. The van der Waals surface area contributed by atoms with Gasteiger partial charge in [-0.15, -0.1) is 0 Å². The van der Waals surface area contributed by atoms with Crippen molar-refractivity contribution in [3.63, 3.8) is 0 Å². The molecule has 0 aliphatic heterocycles. The monoisotopic (exact) mass is 305 g/mol. The van der Waals surface area contributed by atoms with E-state index < -0.39 is 16.4 Å². The summed E-state index contributed by atoms with van der Waals surface area (Å²) in [5.41, 5.74) is -0.0439. The Balaban J connectivity index is 2.09. The maximum Gasteiger partial charge on any atom is 0.433 e. The quantitative estimate of drug-likeness (QED) is 0.548. The number of nitrogens with one attached hydrogen (secondary N) is 1. The lowest BCUT2D eigenvalue weighted by Crippen LogP contribution is -2.11. The van der Waals surface area contributed by atoms with Gasteiger partial charge >= 0.3 is 5.88 Å². The fourth-order valence-corrected chi connectivity index (χ4v) is 1.98. The third kappa shape index (κ3) is 2.35. The molecule has 114 valence electrons. The highest BCUT2D eigenvalue weighted by molar-refractivity contribution is 5.75. The normalized spacial score (nSPS) is 11.1. The Morgan fingerprint density at radius 1 is 1.50 bits per heavy atom. The summed E-state index contributed by atoms with van der Waals surface area (Å²) in [6, 6.07) is 2.57. The van der Waals surface area contributed by atoms with Gasteiger partial charge in [0, 0.05) is 7.11 Å². The Morgan fingerprint density at radius 2 is 2.32 bits per heavy atom. The summed E-state index contributed by atoms with van der Waals surface area (Å²) in [5.74, 6) is -0.222. The van der Waals surface area contributed by atoms with Gasteiger partial charge in [-0.1, -0.05) is 0 Å². The van der Waals surface area contributed by atoms with E-state index in [1.807, 2.05) is 0 Å². The van der Waals surface area contributed by atoms with E-state index >= 15 is 0 Å². The molecule has 3 aromatic heterocycles. The second kappa shape index (κ2) is 5.41. The standard InChI is InChI=1S/C12H11N5O5/c1-21-5-4-16-11-7(6-13-16)12(18)15-10(14-11)8-2-3-9(22-8)17(19)20/h2-3,6H,4-5H2,1H3,(H,14,15,18). The van der Waals surface area contributed by atoms with Crippen LogP contribution in [0.5, 0.6) is 0 Å². The first kappa shape index (κ1) is 13.9. The van der Waals surface area contributed by atoms with E-state index in [0.717, 1.165) is 0 Å². The molecule has 0 saturated carbocycles. The molecule has 0 fully saturated rings. The number of nitro groups is 1. The predicted octanol–water partition coefficient (Wildman–Crippen LogP) is 0.934. The van der Waals surface area contributed by atoms with Crippen LogP contribution in [0.2, 0.25) is 0 Å². The molecule has 1 N–H and O–H groups in total. The molecule has 3 heterocycles. The fraction of sp³-hybridized carbons (Fsp3) is 0.250. The highest BCUT2D eigenvalue weighted by Gasteiger charge is 2.17. The summed E-state index contributed by atoms with van der Waals surface area (Å²) >= 11 is 0. The molecule has 3 rings (SSSR count). The van der Waals surface area contributed by atoms with E-state index in [2.05, 4.69) is 15.1 Å². The largest absolute Gasteiger partial charge is 0.433 e. The second-order valence-corrected chi connectivity index (χ2v) is 4.41. The Kier molecular flexibility index (Phi) is 3.43. The van der Waals surface area contributed by atoms with Crippen LogP contribution >= 0.6 is 0 Å². The number of hydrogen-bond donors (Lipinski definition) is 1. The number of nitrogens with zero attached hydrogens (tertiary/aromatic N) is 4. The van der Waals surface area contributed by atoms with Crippen molar-refractivity contribution in [2.75, 3.05) is 13.7 Å². The van der Waals surface area contributed by atoms with E-state index in [1.54, 1.807) is 7.11 Å². The van der Waals surface area contributed by atoms with Crippen LogP contribution < -0.4 is 5.56 Å². The molecule has 10 nitrogen and oxygen atoms in total. The SMILES string of the molecule is COCCn1ncc2c(=O)[nH]c(-c3ccc([N+](=O)[O-])o3)nc21. The summed E-state index contributed by atoms with van der Waals surface area (Å²) in [5, 5.41) is 15.0. The first-order chi connectivity index (χ1) is 10.6. The zero-order valence-electron chi connectivity index (χ0n) is 11.5. The van der Waals surface area contributed by atoms with Crippen LogP contribution in [0.25, 0.3) is 22.6 Å². The summed E-state index contributed by atoms with van der Waals surface area (Å²) < 4.78 is 11.5. The van der Waals surface area contributed by atoms with E-state index in [1.165, 1.54) is 23.0 Å². The molecule has 0 aliphatic rings. The maximum atomic E-state index is 12.0. The van der Waals surface area contributed by atoms with Crippen molar-refractivity contribution < 1.29 is 14.1 Å². The Labute approximate surface area is 122 Å². The van der Waals surface area contributed by atoms with Crippen LogP contribution in [-0.4, -0.2) is 38.4 Å². The number of H-pyrrole nitrogens is 1. The molecule has 0 amide bonds. The molecule has 0 aliphatic carbocycles. The van der Waals surface area contributed by atoms with Gasteiger partial charge in [-0.25, -0.2) is 9.67 Å². The van der Waals surface area contributed by atoms with Gasteiger partial charge in [0.05, 0.1) is 25.4 Å². The van der Waals surface area contributed by atoms with Crippen LogP contribution in [0.4, 0.5) is 5.88 Å². The van der Waals surface area contributed by atoms with E-state index in [-0.39, 0.29) is 11.6 Å². The number of hydrogen-bond acceptors (Lipinski definition) is 7. The van der Waals surface area contributed by atoms with Gasteiger partial charge in [-0.05, 0) is 6.07 Å². The molecular formula is C12H11N5O5. The van der Waals surface area contributed by atoms with Crippen molar-refractivity contribution in [1.82, 2.24) is 19.7 Å². The molecule has 0 atom stereocenters. The summed E-state index contributed by atoms with van der Waals surface area (Å²) in [7, 11) is 1.55. The number of aromatic amines is 1. The number of rotatable bonds is 5. The van der Waals surface area contributed by atoms with Gasteiger partial charge in [0.15, 0.2) is 17.2 Å². The topological polar surface area (TPSA) is 129 Å². The molecule has 0 radical (unpaired) electrons. The van der Waals surface area contributed by atoms with Gasteiger partial charge < -0.3 is 14.1 Å². The van der Waals surface area contributed by atoms with Crippen LogP contribution in [0.15, 0.2) is 27.5 Å². The van der Waals surface area contributed by atoms with Gasteiger partial charge in [0.1, 0.15) is 10.3 Å². The van der Waals surface area contributed by atoms with Crippen LogP contribution in [-0.2, 0) is 11.3 Å². The molecule has 22 heavy (non-hydrogen) atoms. The molecule has 0 unspecified atom stereocenters. The van der Waals surface area contributed by atoms with Gasteiger partial charge in [0.25, 0.3) is 5.56 Å². The van der Waals surface area contributed by atoms with Crippen molar-refractivity contribution in [3.05, 3.63) is 38.8 Å². The third-order valence-electron chi connectivity index (χ3n) is 3.02. The van der Waals surface area contributed by atoms with Crippen molar-refractivity contribution in [3.8, 4) is 11.6 Å². The summed E-state index contributed by atoms with van der Waals surface area (Å²) in [6.45, 7) is 0.834. The lowest BCUT2D eigenvalue weighted by molar-refractivity contribution is -0.401. The Hall–Kier alpha value is -3.01. The molecule has 0 aromatic carbocycles. The van der Waals surface area contributed by atoms with E-state index in [4.69, 9.17) is 9.15 Å². The number of aromatic nitrogens is 4. The summed E-state index contributed by atoms with van der Waals surface area (Å²) in [4.78, 5) is 28.8. The Morgan fingerprint density at radius 3 is 3.00 bits per heavy atom. The zero-order valence-corrected chi connectivity index (χ0v) is 11.5. The minimum absolute atomic E-state index is 0.102. The van der Waals surface area contributed by atoms with Gasteiger partial charge in [-0.3, -0.25) is 14.9 Å². The molecule has 10 heteroatoms. The number of fused-ring (bicyclic) bond motifs is 1. The van der Waals surface area contributed by atoms with Crippen molar-refractivity contribution in [2.45, 2.75) is 6.54 Å². The minimum atomic E-state index is -0.664. The average Bonchev–Trinajstić information content (AvgIpc) is 3.12. The second-order valence-electron chi connectivity index (χ2n) is 4.41. The zero-order chi connectivity index (χ0) is 15.7. The summed E-state index contributed by atoms with van der Waals surface area (Å²) in [6.07, 6.45) is 1.41. The Bertz CT molecular complexity index is 893. The molecular weight excluding hydrogens is 294 g/mol. The third-order valence-corrected chi connectivity index (χ3v) is 3.02. The predicted molar refractivity (Wildman–Crippen MR) is 74.4 cm³/mol. The van der Waals surface area contributed by atoms with E-state index in [0.29, 0.717) is 24.2 Å². The molecule has 0 bridgehead atoms. The maximum absolute atomic E-state index is 12.0. The highest BCUT2D eigenvalue weighted by Crippen LogP contribution is 2.23. The van der Waals surface area contributed by atoms with Crippen LogP contribution in [0.1, 0.15) is 0 Å². The lowest BCUT2D eigenvalue weighted by atomic mass is 10.4. The average molecular weight is 305 g/mol. The number of ether oxygens (including phenoxy) is 1. The van der Waals surface area contributed by atoms with Crippen molar-refractivity contribution >= 4 is 16.9 Å². The molecule has 0 saturated heterocycles. The highest BCUT2D eigenvalue weighted by atomic mass is 16.6. The first-order valence-electron chi connectivity index (χ1n) is 6.29. The molecule has 3 aromatic rings. The molecule has 0 spiro atoms. The fourth-order valence-electron chi connectivity index (χ4n) is 1.98. The van der Waals surface area contributed by atoms with Crippen LogP contribution in [0.3, 0.4) is 0 Å². The van der Waals surface area contributed by atoms with E-state index in [9.17, 15) is 14.9 Å². The van der Waals surface area contributed by atoms with Crippen LogP contribution in [0, 0.1) is 10.1 Å². The van der Waals surface area contributed by atoms with Crippen molar-refractivity contribution in [1.29, 1.82) is 0 Å². The van der Waals surface area contributed by atoms with Gasteiger partial charge in [-0.2, -0.15) is 5.10 Å². The van der Waals surface area contributed by atoms with Crippen molar-refractivity contribution in [2.24, 2.45) is 0 Å². The number of furan rings is 1. The lowest BCUT2D eigenvalue weighted by Gasteiger charge is -2.02.